The average Bonchev–Trinajstić information content (AvgIpc) is 2.03. The summed E-state index contributed by atoms with van der Waals surface area (Å²) in [6.45, 7) is 12.9. The van der Waals surface area contributed by atoms with Gasteiger partial charge in [-0.2, -0.15) is 0 Å². The van der Waals surface area contributed by atoms with E-state index in [-0.39, 0.29) is 5.41 Å². The van der Waals surface area contributed by atoms with Gasteiger partial charge in [-0.25, -0.2) is 0 Å². The molecular weight excluding hydrogens is 160 g/mol. The van der Waals surface area contributed by atoms with Crippen LogP contribution in [0.1, 0.15) is 60.8 Å². The van der Waals surface area contributed by atoms with E-state index in [1.807, 2.05) is 0 Å². The first-order valence-corrected chi connectivity index (χ1v) is 5.50. The van der Waals surface area contributed by atoms with Gasteiger partial charge in [0.1, 0.15) is 0 Å². The molecule has 0 aromatic heterocycles. The molecule has 0 heterocycles. The highest BCUT2D eigenvalue weighted by molar-refractivity contribution is 4.86. The summed E-state index contributed by atoms with van der Waals surface area (Å²) in [6.07, 6.45) is 2.89. The number of hydrogen-bond donors (Lipinski definition) is 1. The Morgan fingerprint density at radius 2 is 1.54 bits per heavy atom. The monoisotopic (exact) mass is 186 g/mol. The quantitative estimate of drug-likeness (QED) is 0.695. The lowest BCUT2D eigenvalue weighted by atomic mass is 9.73. The van der Waals surface area contributed by atoms with Crippen molar-refractivity contribution in [3.05, 3.63) is 0 Å². The molecule has 0 bridgehead atoms. The lowest BCUT2D eigenvalue weighted by Crippen LogP contribution is -2.38. The second kappa shape index (κ2) is 4.45. The Hall–Kier alpha value is -0.0400. The third-order valence-electron chi connectivity index (χ3n) is 3.43. The number of hydrogen-bond acceptors (Lipinski definition) is 1. The van der Waals surface area contributed by atoms with Gasteiger partial charge < -0.3 is 5.11 Å². The van der Waals surface area contributed by atoms with E-state index in [0.29, 0.717) is 5.92 Å². The zero-order valence-electron chi connectivity index (χ0n) is 10.1. The summed E-state index contributed by atoms with van der Waals surface area (Å²) in [4.78, 5) is 0. The molecule has 1 heteroatoms. The zero-order chi connectivity index (χ0) is 10.7. The van der Waals surface area contributed by atoms with Crippen molar-refractivity contribution in [3.63, 3.8) is 0 Å². The third-order valence-corrected chi connectivity index (χ3v) is 3.43. The fourth-order valence-electron chi connectivity index (χ4n) is 1.69. The molecule has 13 heavy (non-hydrogen) atoms. The van der Waals surface area contributed by atoms with Crippen molar-refractivity contribution in [1.82, 2.24) is 0 Å². The van der Waals surface area contributed by atoms with Gasteiger partial charge >= 0.3 is 0 Å². The van der Waals surface area contributed by atoms with Gasteiger partial charge in [0, 0.05) is 0 Å². The maximum atomic E-state index is 10.4. The molecule has 0 saturated carbocycles. The first-order valence-electron chi connectivity index (χ1n) is 5.50. The summed E-state index contributed by atoms with van der Waals surface area (Å²) in [6, 6.07) is 0. The molecule has 1 N–H and O–H groups in total. The second-order valence-electron chi connectivity index (χ2n) is 5.31. The van der Waals surface area contributed by atoms with Crippen LogP contribution in [0.3, 0.4) is 0 Å². The Kier molecular flexibility index (Phi) is 4.44. The maximum absolute atomic E-state index is 10.4. The second-order valence-corrected chi connectivity index (χ2v) is 5.31. The average molecular weight is 186 g/mol. The van der Waals surface area contributed by atoms with E-state index >= 15 is 0 Å². The minimum absolute atomic E-state index is 0.259. The van der Waals surface area contributed by atoms with Gasteiger partial charge in [0.2, 0.25) is 0 Å². The van der Waals surface area contributed by atoms with E-state index in [1.165, 1.54) is 0 Å². The van der Waals surface area contributed by atoms with E-state index < -0.39 is 5.60 Å². The van der Waals surface area contributed by atoms with E-state index in [9.17, 15) is 5.11 Å². The molecule has 80 valence electrons. The smallest absolute Gasteiger partial charge is 0.0673 e. The van der Waals surface area contributed by atoms with Gasteiger partial charge in [-0.1, -0.05) is 48.0 Å². The van der Waals surface area contributed by atoms with Crippen LogP contribution in [0, 0.1) is 11.3 Å². The Bertz CT molecular complexity index is 149. The molecule has 0 spiro atoms. The van der Waals surface area contributed by atoms with Crippen LogP contribution >= 0.6 is 0 Å². The topological polar surface area (TPSA) is 20.2 Å². The van der Waals surface area contributed by atoms with Crippen LogP contribution in [0.25, 0.3) is 0 Å². The molecule has 1 unspecified atom stereocenters. The zero-order valence-corrected chi connectivity index (χ0v) is 10.1. The minimum Gasteiger partial charge on any atom is -0.390 e. The molecule has 1 nitrogen and oxygen atoms in total. The van der Waals surface area contributed by atoms with Crippen LogP contribution in [-0.4, -0.2) is 10.7 Å². The molecule has 0 aromatic rings. The van der Waals surface area contributed by atoms with Gasteiger partial charge in [0.15, 0.2) is 0 Å². The van der Waals surface area contributed by atoms with Crippen molar-refractivity contribution < 1.29 is 5.11 Å². The van der Waals surface area contributed by atoms with Crippen LogP contribution in [0.15, 0.2) is 0 Å². The molecule has 0 fully saturated rings. The predicted octanol–water partition coefficient (Wildman–Crippen LogP) is 3.61. The first-order chi connectivity index (χ1) is 5.77. The van der Waals surface area contributed by atoms with Crippen LogP contribution in [-0.2, 0) is 0 Å². The van der Waals surface area contributed by atoms with Crippen molar-refractivity contribution in [2.24, 2.45) is 11.3 Å². The Balaban J connectivity index is 4.44. The predicted molar refractivity (Wildman–Crippen MR) is 58.8 cm³/mol. The van der Waals surface area contributed by atoms with Crippen molar-refractivity contribution in [2.45, 2.75) is 66.4 Å². The van der Waals surface area contributed by atoms with Gasteiger partial charge in [0.25, 0.3) is 0 Å². The van der Waals surface area contributed by atoms with Crippen molar-refractivity contribution >= 4 is 0 Å². The molecule has 1 atom stereocenters. The lowest BCUT2D eigenvalue weighted by Gasteiger charge is -2.38. The molecule has 0 rings (SSSR count). The number of aliphatic hydroxyl groups is 1. The van der Waals surface area contributed by atoms with Crippen molar-refractivity contribution in [3.8, 4) is 0 Å². The molecular formula is C12H26O. The number of rotatable bonds is 5. The van der Waals surface area contributed by atoms with Gasteiger partial charge in [-0.3, -0.25) is 0 Å². The van der Waals surface area contributed by atoms with Gasteiger partial charge in [0.05, 0.1) is 5.60 Å². The van der Waals surface area contributed by atoms with E-state index in [2.05, 4.69) is 41.5 Å². The largest absolute Gasteiger partial charge is 0.390 e. The highest BCUT2D eigenvalue weighted by atomic mass is 16.3. The maximum Gasteiger partial charge on any atom is 0.0673 e. The Labute approximate surface area is 83.5 Å². The summed E-state index contributed by atoms with van der Waals surface area (Å²) in [5, 5.41) is 10.4. The van der Waals surface area contributed by atoms with E-state index in [4.69, 9.17) is 0 Å². The molecule has 0 saturated heterocycles. The summed E-state index contributed by atoms with van der Waals surface area (Å²) in [5.41, 5.74) is -0.214. The van der Waals surface area contributed by atoms with Gasteiger partial charge in [-0.05, 0) is 24.2 Å². The summed E-state index contributed by atoms with van der Waals surface area (Å²) >= 11 is 0. The van der Waals surface area contributed by atoms with Crippen LogP contribution in [0.4, 0.5) is 0 Å². The van der Waals surface area contributed by atoms with E-state index in [0.717, 1.165) is 19.3 Å². The molecule has 0 aromatic carbocycles. The summed E-state index contributed by atoms with van der Waals surface area (Å²) in [5.74, 6) is 0.350. The fraction of sp³-hybridized carbons (Fsp3) is 1.00. The first kappa shape index (κ1) is 13.0. The third kappa shape index (κ3) is 3.68. The fourth-order valence-corrected chi connectivity index (χ4v) is 1.69. The van der Waals surface area contributed by atoms with E-state index in [1.54, 1.807) is 0 Å². The summed E-state index contributed by atoms with van der Waals surface area (Å²) in [7, 11) is 0. The highest BCUT2D eigenvalue weighted by Gasteiger charge is 2.34. The minimum atomic E-state index is -0.473. The van der Waals surface area contributed by atoms with Crippen molar-refractivity contribution in [1.29, 1.82) is 0 Å². The standard InChI is InChI=1S/C12H26O/c1-7-11(5,6)9-12(13,8-2)10(3)4/h10,13H,7-9H2,1-6H3. The molecule has 0 aliphatic rings. The Morgan fingerprint density at radius 1 is 1.08 bits per heavy atom. The molecule has 0 aliphatic carbocycles. The molecule has 0 aliphatic heterocycles. The summed E-state index contributed by atoms with van der Waals surface area (Å²) < 4.78 is 0. The SMILES string of the molecule is CCC(C)(C)CC(O)(CC)C(C)C. The lowest BCUT2D eigenvalue weighted by molar-refractivity contribution is -0.0453. The van der Waals surface area contributed by atoms with Crippen LogP contribution < -0.4 is 0 Å². The molecule has 0 radical (unpaired) electrons. The highest BCUT2D eigenvalue weighted by Crippen LogP contribution is 2.36. The Morgan fingerprint density at radius 3 is 1.77 bits per heavy atom. The van der Waals surface area contributed by atoms with Gasteiger partial charge in [-0.15, -0.1) is 0 Å². The van der Waals surface area contributed by atoms with Crippen LogP contribution in [0.2, 0.25) is 0 Å². The van der Waals surface area contributed by atoms with Crippen molar-refractivity contribution in [2.75, 3.05) is 0 Å². The molecule has 0 amide bonds. The van der Waals surface area contributed by atoms with Crippen LogP contribution in [0.5, 0.6) is 0 Å². The normalized spacial score (nSPS) is 17.5.